The third kappa shape index (κ3) is 24.3. The van der Waals surface area contributed by atoms with Crippen LogP contribution in [0.2, 0.25) is 0 Å². The fourth-order valence-electron chi connectivity index (χ4n) is 16.3. The van der Waals surface area contributed by atoms with Crippen LogP contribution in [0.4, 0.5) is 0 Å². The molecule has 14 rings (SSSR count). The molecule has 646 valence electrons. The Balaban J connectivity index is 0.000000160. The second-order valence-electron chi connectivity index (χ2n) is 32.0. The maximum atomic E-state index is 13.7. The van der Waals surface area contributed by atoms with Crippen LogP contribution in [-0.4, -0.2) is 264 Å². The van der Waals surface area contributed by atoms with Gasteiger partial charge in [-0.2, -0.15) is 0 Å². The molecule has 8 N–H and O–H groups in total. The third-order valence-corrected chi connectivity index (χ3v) is 22.1. The molecule has 34 heteroatoms. The van der Waals surface area contributed by atoms with Crippen molar-refractivity contribution in [3.8, 4) is 0 Å². The molecule has 5 unspecified atom stereocenters. The Bertz CT molecular complexity index is 4470. The first-order chi connectivity index (χ1) is 58.2. The Kier molecular flexibility index (Phi) is 31.9. The van der Waals surface area contributed by atoms with E-state index in [4.69, 9.17) is 19.3 Å². The minimum atomic E-state index is -1.21. The number of aliphatic carboxylic acids is 2. The molecular weight excluding hydrogens is 1560 g/mol. The van der Waals surface area contributed by atoms with E-state index in [1.807, 2.05) is 84.3 Å². The smallest absolute Gasteiger partial charge is 0.331 e. The number of cyclic esters (lactones) is 1. The van der Waals surface area contributed by atoms with E-state index in [1.54, 1.807) is 113 Å². The lowest BCUT2D eigenvalue weighted by Crippen LogP contribution is -2.63. The minimum Gasteiger partial charge on any atom is -0.481 e. The fraction of sp³-hybridized carbons (Fsp3) is 0.483. The molecule has 0 aliphatic carbocycles. The number of hydrogen-bond acceptors (Lipinski definition) is 22. The molecule has 9 saturated heterocycles. The maximum absolute atomic E-state index is 13.7. The van der Waals surface area contributed by atoms with Gasteiger partial charge in [-0.15, -0.1) is 0 Å². The van der Waals surface area contributed by atoms with Crippen LogP contribution >= 0.6 is 0 Å². The molecule has 11 atom stereocenters. The van der Waals surface area contributed by atoms with Gasteiger partial charge in [-0.1, -0.05) is 103 Å². The normalized spacial score (nSPS) is 24.2. The predicted molar refractivity (Wildman–Crippen MR) is 435 cm³/mol. The number of hydrazine groups is 4. The summed E-state index contributed by atoms with van der Waals surface area (Å²) < 4.78 is 16.7. The van der Waals surface area contributed by atoms with Crippen molar-refractivity contribution in [1.82, 2.24) is 72.0 Å². The highest BCUT2D eigenvalue weighted by Gasteiger charge is 2.49. The number of carbonyl (C=O) groups excluding carboxylic acids is 13. The molecule has 9 fully saturated rings. The van der Waals surface area contributed by atoms with Crippen molar-refractivity contribution in [2.24, 2.45) is 0 Å². The van der Waals surface area contributed by atoms with E-state index in [-0.39, 0.29) is 72.2 Å². The van der Waals surface area contributed by atoms with Gasteiger partial charge in [-0.25, -0.2) is 29.6 Å². The van der Waals surface area contributed by atoms with Crippen LogP contribution in [0.15, 0.2) is 152 Å². The number of nitrogens with zero attached hydrogens (tertiary/aromatic N) is 8. The van der Waals surface area contributed by atoms with E-state index < -0.39 is 103 Å². The van der Waals surface area contributed by atoms with Crippen LogP contribution in [0, 0.1) is 0 Å². The number of hydrogen-bond donors (Lipinski definition) is 8. The van der Waals surface area contributed by atoms with Crippen molar-refractivity contribution in [3.63, 3.8) is 0 Å². The molecule has 9 aliphatic rings. The Labute approximate surface area is 701 Å². The maximum Gasteiger partial charge on any atom is 0.331 e. The number of aldehydes is 1. The molecule has 0 saturated carbocycles. The Morgan fingerprint density at radius 3 is 1.08 bits per heavy atom. The van der Waals surface area contributed by atoms with Gasteiger partial charge in [0.15, 0.2) is 0 Å². The minimum absolute atomic E-state index is 0.00860. The lowest BCUT2D eigenvalue weighted by molar-refractivity contribution is -0.184. The van der Waals surface area contributed by atoms with Crippen molar-refractivity contribution >= 4 is 89.2 Å². The Hall–Kier alpha value is -11.9. The summed E-state index contributed by atoms with van der Waals surface area (Å²) in [6, 6.07) is 36.5. The highest BCUT2D eigenvalue weighted by Crippen LogP contribution is 2.31. The molecule has 0 aromatic heterocycles. The number of rotatable bonds is 20. The molecule has 5 aromatic carbocycles. The van der Waals surface area contributed by atoms with Crippen molar-refractivity contribution in [3.05, 3.63) is 179 Å². The molecule has 0 radical (unpaired) electrons. The number of esters is 2. The zero-order chi connectivity index (χ0) is 86.3. The molecular formula is C87H108N14O20. The summed E-state index contributed by atoms with van der Waals surface area (Å²) in [7, 11) is 0. The molecule has 10 amide bonds. The second-order valence-corrected chi connectivity index (χ2v) is 32.0. The predicted octanol–water partition coefficient (Wildman–Crippen LogP) is 4.71. The Morgan fingerprint density at radius 2 is 0.744 bits per heavy atom. The molecule has 9 aliphatic heterocycles. The number of carboxylic acids is 2. The number of amides is 10. The Morgan fingerprint density at radius 1 is 0.430 bits per heavy atom. The summed E-state index contributed by atoms with van der Waals surface area (Å²) in [6.07, 6.45) is 8.63. The summed E-state index contributed by atoms with van der Waals surface area (Å²) in [5.41, 5.74) is 2.21. The van der Waals surface area contributed by atoms with Gasteiger partial charge in [0.1, 0.15) is 66.3 Å². The van der Waals surface area contributed by atoms with Gasteiger partial charge in [0, 0.05) is 74.6 Å². The van der Waals surface area contributed by atoms with Gasteiger partial charge in [0.05, 0.1) is 25.5 Å². The average Bonchev–Trinajstić information content (AvgIpc) is 1.77. The number of carbonyl (C=O) groups is 15. The molecule has 9 heterocycles. The fourth-order valence-corrected chi connectivity index (χ4v) is 16.3. The first kappa shape index (κ1) is 89.9. The van der Waals surface area contributed by atoms with E-state index >= 15 is 0 Å². The van der Waals surface area contributed by atoms with E-state index in [1.165, 1.54) is 15.0 Å². The number of carboxylic acid groups (broad SMARTS) is 2. The third-order valence-electron chi connectivity index (χ3n) is 22.1. The van der Waals surface area contributed by atoms with Crippen molar-refractivity contribution in [2.75, 3.05) is 52.4 Å². The summed E-state index contributed by atoms with van der Waals surface area (Å²) in [5.74, 6) is -6.53. The summed E-state index contributed by atoms with van der Waals surface area (Å²) in [6.45, 7) is 10.8. The molecule has 121 heavy (non-hydrogen) atoms. The van der Waals surface area contributed by atoms with Crippen LogP contribution in [0.5, 0.6) is 0 Å². The quantitative estimate of drug-likeness (QED) is 0.0386. The van der Waals surface area contributed by atoms with Crippen LogP contribution in [0.3, 0.4) is 0 Å². The van der Waals surface area contributed by atoms with Gasteiger partial charge >= 0.3 is 23.9 Å². The summed E-state index contributed by atoms with van der Waals surface area (Å²) >= 11 is 0. The van der Waals surface area contributed by atoms with Gasteiger partial charge in [-0.05, 0) is 178 Å². The zero-order valence-corrected chi connectivity index (χ0v) is 68.3. The monoisotopic (exact) mass is 1670 g/mol. The zero-order valence-electron chi connectivity index (χ0n) is 68.3. The van der Waals surface area contributed by atoms with Crippen LogP contribution in [0.1, 0.15) is 183 Å². The van der Waals surface area contributed by atoms with Crippen LogP contribution in [-0.2, 0) is 73.6 Å². The van der Waals surface area contributed by atoms with Crippen LogP contribution < -0.4 is 31.9 Å². The van der Waals surface area contributed by atoms with Crippen molar-refractivity contribution in [2.45, 2.75) is 215 Å². The lowest BCUT2D eigenvalue weighted by atomic mass is 10.0. The van der Waals surface area contributed by atoms with Gasteiger partial charge in [-0.3, -0.25) is 77.6 Å². The van der Waals surface area contributed by atoms with Gasteiger partial charge < -0.3 is 61.1 Å². The molecule has 5 aromatic rings. The van der Waals surface area contributed by atoms with E-state index in [2.05, 4.69) is 31.9 Å². The van der Waals surface area contributed by atoms with Gasteiger partial charge in [0.25, 0.3) is 47.3 Å². The summed E-state index contributed by atoms with van der Waals surface area (Å²) in [4.78, 5) is 188. The molecule has 0 spiro atoms. The number of nitrogens with one attached hydrogen (secondary N) is 6. The van der Waals surface area contributed by atoms with E-state index in [0.717, 1.165) is 44.2 Å². The number of ether oxygens (including phenoxy) is 3. The molecule has 0 bridgehead atoms. The first-order valence-corrected chi connectivity index (χ1v) is 41.6. The SMILES string of the molecule is CC(C)(C)OC(=O)[C@@H]1CCCN2CCCC(NC(=O)c3ccccc3)C(=O)N12.O=C(NC1CCCN2CCC[C@@H](C(=O)O)N2C1=O)c1ccccc1.O=C1C[C@H](NC(=O)[C@@H]2CCCN3CCCC(NC(=O)c4ccccc4)C(=O)N23)C(OCc2ccccc2)O1.O=C[C@H](CC(=O)O)NC(=O)[C@@H]1CCCN2CCCC(NC(=O)c3ccccc3)C(=O)N12. The highest BCUT2D eigenvalue weighted by atomic mass is 16.7. The first-order valence-electron chi connectivity index (χ1n) is 41.6. The van der Waals surface area contributed by atoms with E-state index in [9.17, 15) is 77.0 Å². The summed E-state index contributed by atoms with van der Waals surface area (Å²) in [5, 5.41) is 48.2. The van der Waals surface area contributed by atoms with Crippen LogP contribution in [0.25, 0.3) is 0 Å². The lowest BCUT2D eigenvalue weighted by Gasteiger charge is -2.43. The number of fused-ring (bicyclic) bond motifs is 4. The van der Waals surface area contributed by atoms with Gasteiger partial charge in [0.2, 0.25) is 18.1 Å². The second kappa shape index (κ2) is 42.9. The average molecular weight is 1670 g/mol. The largest absolute Gasteiger partial charge is 0.481 e. The number of benzene rings is 5. The standard InChI is InChI=1S/C28H32N4O6.C21H26N4O6.C21H29N3O4.C17H21N3O4/c33-24-17-22(28(38-24)37-18-19-9-3-1-4-10-19)30-26(35)23-14-8-16-31-15-7-13-21(27(36)32(23)31)29-25(34)20-11-5-2-6-12-20;26-13-15(12-18(27)28)22-20(30)17-9-5-11-24-10-4-8-16(21(31)25(17)24)23-19(29)14-6-2-1-3-7-14;1-21(2,3)28-20(27)17-12-8-14-23-13-7-11-16(19(26)24(17)23)22-18(25)15-9-5-4-6-10-15;21-15(12-6-2-1-3-7-12)18-13-8-4-10-19-11-5-9-14(17(23)24)20(19)16(13)22/h1-6,9-12,21-23,28H,7-8,13-18H2,(H,29,34)(H,30,35);1-3,6-7,13,15-17H,4-5,8-12H2,(H,22,30)(H,23,29)(H,27,28);4-6,9-10,16-17H,7-8,11-14H2,1-3H3,(H,22,25);1-3,6-7,13-14H,4-5,8-11H2,(H,18,21)(H,23,24)/t21?,22-,23-,28?;15-,16?,17-;16?,17-;13?,14-/m0000/s1. The highest BCUT2D eigenvalue weighted by molar-refractivity contribution is 6.01. The topological polar surface area (TPSA) is 422 Å². The molecule has 34 nitrogen and oxygen atoms in total. The van der Waals surface area contributed by atoms with Crippen molar-refractivity contribution < 1.29 is 96.3 Å². The van der Waals surface area contributed by atoms with Crippen molar-refractivity contribution in [1.29, 1.82) is 0 Å². The van der Waals surface area contributed by atoms with E-state index in [0.29, 0.717) is 145 Å².